The molecule has 4 rings (SSSR count). The molecule has 12 heteroatoms. The molecule has 0 saturated carbocycles. The van der Waals surface area contributed by atoms with E-state index in [0.29, 0.717) is 28.2 Å². The average Bonchev–Trinajstić information content (AvgIpc) is 3.27. The Morgan fingerprint density at radius 1 is 1.09 bits per heavy atom. The summed E-state index contributed by atoms with van der Waals surface area (Å²) in [6, 6.07) is 9.10. The molecule has 2 amide bonds. The number of nitrogens with one attached hydrogen (secondary N) is 2. The molecule has 0 saturated heterocycles. The number of aromatic nitrogens is 6. The van der Waals surface area contributed by atoms with Gasteiger partial charge in [-0.1, -0.05) is 29.3 Å². The molecule has 3 aromatic heterocycles. The zero-order valence-corrected chi connectivity index (χ0v) is 18.1. The Morgan fingerprint density at radius 2 is 1.91 bits per heavy atom. The van der Waals surface area contributed by atoms with Crippen LogP contribution in [0.25, 0.3) is 5.95 Å². The summed E-state index contributed by atoms with van der Waals surface area (Å²) in [7, 11) is 0. The summed E-state index contributed by atoms with van der Waals surface area (Å²) in [5.74, 6) is 1.47. The summed E-state index contributed by atoms with van der Waals surface area (Å²) in [6.45, 7) is 1.77. The molecule has 2 N–H and O–H groups in total. The van der Waals surface area contributed by atoms with Gasteiger partial charge in [0.15, 0.2) is 5.82 Å². The van der Waals surface area contributed by atoms with Crippen LogP contribution in [0, 0.1) is 0 Å². The van der Waals surface area contributed by atoms with Crippen molar-refractivity contribution >= 4 is 34.9 Å². The van der Waals surface area contributed by atoms with Gasteiger partial charge in [-0.05, 0) is 31.2 Å². The largest absolute Gasteiger partial charge is 0.437 e. The number of amides is 2. The van der Waals surface area contributed by atoms with Gasteiger partial charge in [0, 0.05) is 30.3 Å². The number of benzene rings is 1. The monoisotopic (exact) mass is 470 g/mol. The Balaban J connectivity index is 1.42. The third kappa shape index (κ3) is 5.10. The lowest BCUT2D eigenvalue weighted by atomic mass is 10.3. The van der Waals surface area contributed by atoms with E-state index in [1.807, 2.05) is 0 Å². The van der Waals surface area contributed by atoms with Crippen LogP contribution in [-0.2, 0) is 0 Å². The molecular formula is C20H16Cl2N8O2. The Morgan fingerprint density at radius 3 is 2.69 bits per heavy atom. The van der Waals surface area contributed by atoms with Crippen LogP contribution in [0.2, 0.25) is 10.0 Å². The second-order valence-corrected chi connectivity index (χ2v) is 7.31. The normalized spacial score (nSPS) is 11.6. The highest BCUT2D eigenvalue weighted by molar-refractivity contribution is 6.35. The first-order chi connectivity index (χ1) is 15.5. The maximum Gasteiger partial charge on any atom is 0.319 e. The van der Waals surface area contributed by atoms with Crippen molar-refractivity contribution in [2.24, 2.45) is 0 Å². The first-order valence-electron chi connectivity index (χ1n) is 9.33. The number of hydrogen-bond acceptors (Lipinski definition) is 7. The van der Waals surface area contributed by atoms with Crippen molar-refractivity contribution < 1.29 is 9.53 Å². The number of ether oxygens (including phenoxy) is 1. The number of nitrogens with zero attached hydrogens (tertiary/aromatic N) is 6. The van der Waals surface area contributed by atoms with E-state index in [0.717, 1.165) is 0 Å². The maximum atomic E-state index is 12.5. The van der Waals surface area contributed by atoms with Crippen molar-refractivity contribution in [1.82, 2.24) is 35.0 Å². The lowest BCUT2D eigenvalue weighted by molar-refractivity contribution is 0.248. The minimum Gasteiger partial charge on any atom is -0.437 e. The maximum absolute atomic E-state index is 12.5. The van der Waals surface area contributed by atoms with Crippen LogP contribution in [0.5, 0.6) is 11.6 Å². The lowest BCUT2D eigenvalue weighted by Crippen LogP contribution is -2.32. The third-order valence-electron chi connectivity index (χ3n) is 4.13. The molecule has 0 aliphatic heterocycles. The molecule has 32 heavy (non-hydrogen) atoms. The van der Waals surface area contributed by atoms with Crippen LogP contribution in [0.1, 0.15) is 18.8 Å². The molecule has 0 unspecified atom stereocenters. The van der Waals surface area contributed by atoms with Crippen LogP contribution >= 0.6 is 23.2 Å². The van der Waals surface area contributed by atoms with Crippen molar-refractivity contribution in [2.75, 3.05) is 5.32 Å². The number of carbonyl (C=O) groups is 1. The topological polar surface area (TPSA) is 120 Å². The van der Waals surface area contributed by atoms with Crippen LogP contribution < -0.4 is 15.4 Å². The van der Waals surface area contributed by atoms with Gasteiger partial charge < -0.3 is 15.4 Å². The zero-order chi connectivity index (χ0) is 22.5. The standard InChI is InChI=1S/C20H16Cl2N8O2/c1-12(17-26-11-27-30(17)19-23-6-3-7-24-19)28-20(31)29-14-4-2-5-15(9-14)32-18-16(22)8-13(21)10-25-18/h2-12H,1H3,(H2,28,29,31)/t12-/m0/s1. The molecule has 1 aromatic carbocycles. The fourth-order valence-corrected chi connectivity index (χ4v) is 3.17. The molecule has 162 valence electrons. The van der Waals surface area contributed by atoms with Crippen LogP contribution in [0.15, 0.2) is 61.3 Å². The van der Waals surface area contributed by atoms with E-state index in [9.17, 15) is 4.79 Å². The number of hydrogen-bond donors (Lipinski definition) is 2. The van der Waals surface area contributed by atoms with Gasteiger partial charge in [0.05, 0.1) is 11.1 Å². The first-order valence-corrected chi connectivity index (χ1v) is 10.1. The zero-order valence-electron chi connectivity index (χ0n) is 16.6. The molecule has 3 heterocycles. The molecule has 10 nitrogen and oxygen atoms in total. The molecule has 0 radical (unpaired) electrons. The van der Waals surface area contributed by atoms with Gasteiger partial charge in [0.25, 0.3) is 5.95 Å². The van der Waals surface area contributed by atoms with E-state index in [2.05, 4.69) is 35.7 Å². The summed E-state index contributed by atoms with van der Waals surface area (Å²) >= 11 is 11.9. The van der Waals surface area contributed by atoms with E-state index >= 15 is 0 Å². The molecule has 0 fully saturated rings. The number of pyridine rings is 1. The van der Waals surface area contributed by atoms with Crippen molar-refractivity contribution in [2.45, 2.75) is 13.0 Å². The number of carbonyl (C=O) groups excluding carboxylic acids is 1. The highest BCUT2D eigenvalue weighted by atomic mass is 35.5. The van der Waals surface area contributed by atoms with Gasteiger partial charge in [-0.2, -0.15) is 9.78 Å². The number of urea groups is 1. The molecule has 4 aromatic rings. The van der Waals surface area contributed by atoms with E-state index in [1.54, 1.807) is 49.6 Å². The van der Waals surface area contributed by atoms with Crippen molar-refractivity contribution in [3.05, 3.63) is 77.2 Å². The summed E-state index contributed by atoms with van der Waals surface area (Å²) in [6.07, 6.45) is 6.00. The second kappa shape index (κ2) is 9.58. The van der Waals surface area contributed by atoms with Gasteiger partial charge in [-0.25, -0.2) is 24.7 Å². The molecule has 0 aliphatic carbocycles. The summed E-state index contributed by atoms with van der Waals surface area (Å²) < 4.78 is 7.14. The molecule has 0 aliphatic rings. The van der Waals surface area contributed by atoms with Gasteiger partial charge in [-0.3, -0.25) is 0 Å². The molecule has 0 spiro atoms. The van der Waals surface area contributed by atoms with E-state index < -0.39 is 12.1 Å². The smallest absolute Gasteiger partial charge is 0.319 e. The Labute approximate surface area is 192 Å². The van der Waals surface area contributed by atoms with Gasteiger partial charge in [0.2, 0.25) is 5.88 Å². The SMILES string of the molecule is C[C@H](NC(=O)Nc1cccc(Oc2ncc(Cl)cc2Cl)c1)c1ncnn1-c1ncccn1. The van der Waals surface area contributed by atoms with Crippen LogP contribution in [0.4, 0.5) is 10.5 Å². The van der Waals surface area contributed by atoms with E-state index in [4.69, 9.17) is 27.9 Å². The Bertz CT molecular complexity index is 1240. The molecule has 0 bridgehead atoms. The first kappa shape index (κ1) is 21.5. The fourth-order valence-electron chi connectivity index (χ4n) is 2.75. The minimum atomic E-state index is -0.474. The highest BCUT2D eigenvalue weighted by Gasteiger charge is 2.18. The third-order valence-corrected chi connectivity index (χ3v) is 4.61. The number of rotatable bonds is 6. The fraction of sp³-hybridized carbons (Fsp3) is 0.100. The summed E-state index contributed by atoms with van der Waals surface area (Å²) in [4.78, 5) is 29.1. The van der Waals surface area contributed by atoms with Gasteiger partial charge in [0.1, 0.15) is 17.1 Å². The average molecular weight is 471 g/mol. The summed E-state index contributed by atoms with van der Waals surface area (Å²) in [5.41, 5.74) is 0.505. The van der Waals surface area contributed by atoms with Crippen molar-refractivity contribution in [3.8, 4) is 17.6 Å². The predicted octanol–water partition coefficient (Wildman–Crippen LogP) is 4.43. The van der Waals surface area contributed by atoms with E-state index in [-0.39, 0.29) is 10.9 Å². The van der Waals surface area contributed by atoms with Crippen molar-refractivity contribution in [1.29, 1.82) is 0 Å². The van der Waals surface area contributed by atoms with Gasteiger partial charge >= 0.3 is 6.03 Å². The van der Waals surface area contributed by atoms with Crippen LogP contribution in [-0.4, -0.2) is 35.7 Å². The number of anilines is 1. The second-order valence-electron chi connectivity index (χ2n) is 6.47. The number of halogens is 2. The van der Waals surface area contributed by atoms with Gasteiger partial charge in [-0.15, -0.1) is 0 Å². The molecule has 1 atom stereocenters. The summed E-state index contributed by atoms with van der Waals surface area (Å²) in [5, 5.41) is 10.4. The lowest BCUT2D eigenvalue weighted by Gasteiger charge is -2.15. The van der Waals surface area contributed by atoms with Crippen LogP contribution in [0.3, 0.4) is 0 Å². The Kier molecular flexibility index (Phi) is 6.43. The van der Waals surface area contributed by atoms with E-state index in [1.165, 1.54) is 23.3 Å². The minimum absolute atomic E-state index is 0.203. The van der Waals surface area contributed by atoms with Crippen molar-refractivity contribution in [3.63, 3.8) is 0 Å². The predicted molar refractivity (Wildman–Crippen MR) is 118 cm³/mol. The molecular weight excluding hydrogens is 455 g/mol. The quantitative estimate of drug-likeness (QED) is 0.427. The highest BCUT2D eigenvalue weighted by Crippen LogP contribution is 2.30. The Hall–Kier alpha value is -3.76.